The molecule has 0 spiro atoms. The van der Waals surface area contributed by atoms with Crippen molar-refractivity contribution in [1.82, 2.24) is 9.78 Å². The van der Waals surface area contributed by atoms with Crippen LogP contribution in [0, 0.1) is 0 Å². The lowest BCUT2D eigenvalue weighted by atomic mass is 10.0. The van der Waals surface area contributed by atoms with Crippen molar-refractivity contribution in [1.29, 1.82) is 0 Å². The quantitative estimate of drug-likeness (QED) is 0.668. The molecular weight excluding hydrogens is 380 g/mol. The van der Waals surface area contributed by atoms with Crippen LogP contribution in [0.2, 0.25) is 0 Å². The third-order valence-corrected chi connectivity index (χ3v) is 4.93. The number of aliphatic hydroxyl groups is 1. The molecule has 0 aliphatic rings. The number of ether oxygens (including phenoxy) is 1. The predicted molar refractivity (Wildman–Crippen MR) is 102 cm³/mol. The van der Waals surface area contributed by atoms with Gasteiger partial charge < -0.3 is 9.84 Å². The second kappa shape index (κ2) is 7.85. The fraction of sp³-hybridized carbons (Fsp3) is 0.250. The largest absolute Gasteiger partial charge is 0.497 e. The van der Waals surface area contributed by atoms with Crippen LogP contribution in [0.25, 0.3) is 0 Å². The van der Waals surface area contributed by atoms with E-state index >= 15 is 0 Å². The highest BCUT2D eigenvalue weighted by molar-refractivity contribution is 9.10. The average Bonchev–Trinajstić information content (AvgIpc) is 3.05. The molecule has 0 radical (unpaired) electrons. The first-order chi connectivity index (χ1) is 12.1. The molecule has 0 bridgehead atoms. The third kappa shape index (κ3) is 3.94. The van der Waals surface area contributed by atoms with Crippen molar-refractivity contribution in [3.05, 3.63) is 81.6 Å². The zero-order chi connectivity index (χ0) is 17.8. The molecule has 0 saturated carbocycles. The number of aryl methyl sites for hydroxylation is 1. The molecule has 0 aliphatic carbocycles. The lowest BCUT2D eigenvalue weighted by Crippen LogP contribution is -2.02. The van der Waals surface area contributed by atoms with E-state index in [1.807, 2.05) is 59.4 Å². The molecule has 1 N–H and O–H groups in total. The highest BCUT2D eigenvalue weighted by atomic mass is 79.9. The monoisotopic (exact) mass is 400 g/mol. The number of aromatic nitrogens is 2. The molecule has 4 nitrogen and oxygen atoms in total. The van der Waals surface area contributed by atoms with Crippen molar-refractivity contribution in [2.75, 3.05) is 7.11 Å². The molecule has 130 valence electrons. The Labute approximate surface area is 156 Å². The fourth-order valence-electron chi connectivity index (χ4n) is 2.84. The summed E-state index contributed by atoms with van der Waals surface area (Å²) in [6.45, 7) is 2.70. The molecule has 0 aliphatic heterocycles. The van der Waals surface area contributed by atoms with Gasteiger partial charge in [-0.3, -0.25) is 4.68 Å². The van der Waals surface area contributed by atoms with Gasteiger partial charge in [-0.25, -0.2) is 0 Å². The first-order valence-electron chi connectivity index (χ1n) is 8.24. The topological polar surface area (TPSA) is 47.3 Å². The summed E-state index contributed by atoms with van der Waals surface area (Å²) in [6.07, 6.45) is 2.01. The minimum absolute atomic E-state index is 0.652. The van der Waals surface area contributed by atoms with E-state index in [1.165, 1.54) is 0 Å². The Balaban J connectivity index is 1.87. The molecule has 1 heterocycles. The maximum absolute atomic E-state index is 10.8. The second-order valence-corrected chi connectivity index (χ2v) is 6.71. The SMILES string of the molecule is CCc1nn(Cc2ccc(OC)cc2)cc1C(O)c1ccccc1Br. The highest BCUT2D eigenvalue weighted by Gasteiger charge is 2.19. The Kier molecular flexibility index (Phi) is 5.56. The maximum atomic E-state index is 10.8. The van der Waals surface area contributed by atoms with Gasteiger partial charge in [-0.05, 0) is 35.7 Å². The van der Waals surface area contributed by atoms with Gasteiger partial charge in [0.25, 0.3) is 0 Å². The molecule has 3 aromatic rings. The summed E-state index contributed by atoms with van der Waals surface area (Å²) >= 11 is 3.52. The molecule has 1 atom stereocenters. The Hall–Kier alpha value is -2.11. The minimum Gasteiger partial charge on any atom is -0.497 e. The van der Waals surface area contributed by atoms with Crippen molar-refractivity contribution >= 4 is 15.9 Å². The summed E-state index contributed by atoms with van der Waals surface area (Å²) < 4.78 is 7.97. The van der Waals surface area contributed by atoms with Crippen molar-refractivity contribution in [3.8, 4) is 5.75 Å². The van der Waals surface area contributed by atoms with Gasteiger partial charge >= 0.3 is 0 Å². The van der Waals surface area contributed by atoms with Crippen molar-refractivity contribution < 1.29 is 9.84 Å². The number of hydrogen-bond donors (Lipinski definition) is 1. The molecule has 25 heavy (non-hydrogen) atoms. The number of methoxy groups -OCH3 is 1. The van der Waals surface area contributed by atoms with E-state index in [4.69, 9.17) is 4.74 Å². The van der Waals surface area contributed by atoms with Gasteiger partial charge in [-0.2, -0.15) is 5.10 Å². The van der Waals surface area contributed by atoms with E-state index in [1.54, 1.807) is 7.11 Å². The van der Waals surface area contributed by atoms with Gasteiger partial charge in [0.1, 0.15) is 11.9 Å². The molecule has 3 rings (SSSR count). The van der Waals surface area contributed by atoms with E-state index in [0.29, 0.717) is 6.54 Å². The van der Waals surface area contributed by atoms with Gasteiger partial charge in [-0.1, -0.05) is 53.2 Å². The van der Waals surface area contributed by atoms with E-state index in [-0.39, 0.29) is 0 Å². The van der Waals surface area contributed by atoms with Crippen molar-refractivity contribution in [3.63, 3.8) is 0 Å². The second-order valence-electron chi connectivity index (χ2n) is 5.85. The standard InChI is InChI=1S/C20H21BrN2O2/c1-3-19-17(20(24)16-6-4-5-7-18(16)21)13-23(22-19)12-14-8-10-15(25-2)11-9-14/h4-11,13,20,24H,3,12H2,1-2H3. The summed E-state index contributed by atoms with van der Waals surface area (Å²) in [6, 6.07) is 15.7. The first kappa shape index (κ1) is 17.7. The van der Waals surface area contributed by atoms with E-state index in [2.05, 4.69) is 28.0 Å². The zero-order valence-electron chi connectivity index (χ0n) is 14.3. The first-order valence-corrected chi connectivity index (χ1v) is 9.03. The number of aliphatic hydroxyl groups excluding tert-OH is 1. The maximum Gasteiger partial charge on any atom is 0.118 e. The normalized spacial score (nSPS) is 12.2. The molecule has 1 unspecified atom stereocenters. The molecule has 0 fully saturated rings. The summed E-state index contributed by atoms with van der Waals surface area (Å²) in [7, 11) is 1.66. The van der Waals surface area contributed by atoms with Crippen LogP contribution in [-0.4, -0.2) is 22.0 Å². The fourth-order valence-corrected chi connectivity index (χ4v) is 3.34. The molecule has 0 saturated heterocycles. The number of rotatable bonds is 6. The van der Waals surface area contributed by atoms with E-state index in [0.717, 1.165) is 39.0 Å². The summed E-state index contributed by atoms with van der Waals surface area (Å²) in [4.78, 5) is 0. The zero-order valence-corrected chi connectivity index (χ0v) is 15.9. The van der Waals surface area contributed by atoms with Crippen LogP contribution in [-0.2, 0) is 13.0 Å². The minimum atomic E-state index is -0.699. The number of nitrogens with zero attached hydrogens (tertiary/aromatic N) is 2. The van der Waals surface area contributed by atoms with Crippen LogP contribution >= 0.6 is 15.9 Å². The summed E-state index contributed by atoms with van der Waals surface area (Å²) in [5.41, 5.74) is 3.74. The van der Waals surface area contributed by atoms with Crippen LogP contribution in [0.5, 0.6) is 5.75 Å². The van der Waals surface area contributed by atoms with Crippen molar-refractivity contribution in [2.45, 2.75) is 26.0 Å². The number of hydrogen-bond acceptors (Lipinski definition) is 3. The van der Waals surface area contributed by atoms with Crippen LogP contribution < -0.4 is 4.74 Å². The van der Waals surface area contributed by atoms with Crippen LogP contribution in [0.3, 0.4) is 0 Å². The molecule has 0 amide bonds. The lowest BCUT2D eigenvalue weighted by molar-refractivity contribution is 0.218. The van der Waals surface area contributed by atoms with Gasteiger partial charge in [0.2, 0.25) is 0 Å². The predicted octanol–water partition coefficient (Wildman–Crippen LogP) is 4.35. The smallest absolute Gasteiger partial charge is 0.118 e. The molecule has 2 aromatic carbocycles. The summed E-state index contributed by atoms with van der Waals surface area (Å²) in [5.74, 6) is 0.837. The third-order valence-electron chi connectivity index (χ3n) is 4.20. The Morgan fingerprint density at radius 3 is 2.48 bits per heavy atom. The van der Waals surface area contributed by atoms with Gasteiger partial charge in [-0.15, -0.1) is 0 Å². The lowest BCUT2D eigenvalue weighted by Gasteiger charge is -2.12. The summed E-state index contributed by atoms with van der Waals surface area (Å²) in [5, 5.41) is 15.5. The Morgan fingerprint density at radius 2 is 1.84 bits per heavy atom. The van der Waals surface area contributed by atoms with Crippen LogP contribution in [0.15, 0.2) is 59.2 Å². The Bertz CT molecular complexity index is 843. The van der Waals surface area contributed by atoms with E-state index < -0.39 is 6.10 Å². The highest BCUT2D eigenvalue weighted by Crippen LogP contribution is 2.30. The van der Waals surface area contributed by atoms with Gasteiger partial charge in [0, 0.05) is 16.2 Å². The average molecular weight is 401 g/mol. The van der Waals surface area contributed by atoms with Gasteiger partial charge in [0.05, 0.1) is 19.3 Å². The van der Waals surface area contributed by atoms with Gasteiger partial charge in [0.15, 0.2) is 0 Å². The molecule has 1 aromatic heterocycles. The molecular formula is C20H21BrN2O2. The Morgan fingerprint density at radius 1 is 1.12 bits per heavy atom. The van der Waals surface area contributed by atoms with E-state index in [9.17, 15) is 5.11 Å². The molecule has 5 heteroatoms. The number of halogens is 1. The van der Waals surface area contributed by atoms with Crippen LogP contribution in [0.4, 0.5) is 0 Å². The van der Waals surface area contributed by atoms with Crippen molar-refractivity contribution in [2.24, 2.45) is 0 Å². The van der Waals surface area contributed by atoms with Crippen LogP contribution in [0.1, 0.15) is 35.4 Å². The number of benzene rings is 2.